The summed E-state index contributed by atoms with van der Waals surface area (Å²) < 4.78 is 23.3. The summed E-state index contributed by atoms with van der Waals surface area (Å²) in [5.41, 5.74) is 1.56. The first-order valence-corrected chi connectivity index (χ1v) is 8.03. The van der Waals surface area contributed by atoms with Gasteiger partial charge in [0.2, 0.25) is 0 Å². The number of rotatable bonds is 5. The summed E-state index contributed by atoms with van der Waals surface area (Å²) in [5, 5.41) is 0. The Morgan fingerprint density at radius 1 is 1.38 bits per heavy atom. The average molecular weight is 309 g/mol. The lowest BCUT2D eigenvalue weighted by atomic mass is 9.93. The van der Waals surface area contributed by atoms with Gasteiger partial charge >= 0.3 is 0 Å². The maximum absolute atomic E-state index is 10.4. The minimum absolute atomic E-state index is 0.513. The van der Waals surface area contributed by atoms with Crippen LogP contribution in [0, 0.1) is 5.92 Å². The highest BCUT2D eigenvalue weighted by Gasteiger charge is 2.21. The minimum atomic E-state index is -2.16. The first-order valence-electron chi connectivity index (χ1n) is 6.96. The summed E-state index contributed by atoms with van der Waals surface area (Å²) in [6.07, 6.45) is 6.12. The molecule has 1 aliphatic heterocycles. The third kappa shape index (κ3) is 3.36. The zero-order chi connectivity index (χ0) is 14.7. The number of hydrogen-bond acceptors (Lipinski definition) is 6. The highest BCUT2D eigenvalue weighted by molar-refractivity contribution is 7.77. The standard InChI is InChI=1S/C12H18N6O2S/c19-21(20)17-4-1-9-2-5-18(6-3-9)12-10-11(14-7-13-10)15-8-16-12/h7-9,17H,1-6H2,(H,19,20)(H,13,14,15,16)/p-1. The quantitative estimate of drug-likeness (QED) is 0.771. The van der Waals surface area contributed by atoms with Gasteiger partial charge in [-0.15, -0.1) is 0 Å². The van der Waals surface area contributed by atoms with E-state index in [1.54, 1.807) is 6.33 Å². The number of anilines is 1. The van der Waals surface area contributed by atoms with Crippen molar-refractivity contribution in [1.82, 2.24) is 24.7 Å². The van der Waals surface area contributed by atoms with E-state index in [0.29, 0.717) is 18.1 Å². The molecule has 0 radical (unpaired) electrons. The van der Waals surface area contributed by atoms with Gasteiger partial charge < -0.3 is 14.4 Å². The lowest BCUT2D eigenvalue weighted by Crippen LogP contribution is -2.35. The van der Waals surface area contributed by atoms with Crippen molar-refractivity contribution in [3.63, 3.8) is 0 Å². The molecule has 0 spiro atoms. The van der Waals surface area contributed by atoms with Crippen LogP contribution in [0.1, 0.15) is 19.3 Å². The summed E-state index contributed by atoms with van der Waals surface area (Å²) >= 11 is -2.16. The van der Waals surface area contributed by atoms with Gasteiger partial charge in [-0.05, 0) is 25.2 Å². The third-order valence-electron chi connectivity index (χ3n) is 3.89. The van der Waals surface area contributed by atoms with Gasteiger partial charge in [0.25, 0.3) is 0 Å². The van der Waals surface area contributed by atoms with Gasteiger partial charge in [0, 0.05) is 30.9 Å². The molecule has 2 aromatic rings. The molecule has 3 heterocycles. The molecule has 1 saturated heterocycles. The third-order valence-corrected chi connectivity index (χ3v) is 4.33. The Labute approximate surface area is 124 Å². The number of imidazole rings is 1. The number of nitrogens with one attached hydrogen (secondary N) is 2. The lowest BCUT2D eigenvalue weighted by molar-refractivity contribution is 0.380. The molecule has 1 aliphatic rings. The van der Waals surface area contributed by atoms with E-state index in [2.05, 4.69) is 29.6 Å². The molecule has 21 heavy (non-hydrogen) atoms. The summed E-state index contributed by atoms with van der Waals surface area (Å²) in [7, 11) is 0. The Kier molecular flexibility index (Phi) is 4.42. The van der Waals surface area contributed by atoms with Crippen molar-refractivity contribution < 1.29 is 8.76 Å². The van der Waals surface area contributed by atoms with Crippen molar-refractivity contribution in [1.29, 1.82) is 0 Å². The monoisotopic (exact) mass is 309 g/mol. The first-order chi connectivity index (χ1) is 10.2. The Bertz CT molecular complexity index is 625. The number of fused-ring (bicyclic) bond motifs is 1. The predicted molar refractivity (Wildman–Crippen MR) is 78.2 cm³/mol. The molecule has 0 saturated carbocycles. The molecule has 1 atom stereocenters. The molecule has 3 rings (SSSR count). The van der Waals surface area contributed by atoms with Crippen LogP contribution in [-0.2, 0) is 11.3 Å². The minimum Gasteiger partial charge on any atom is -0.760 e. The second-order valence-corrected chi connectivity index (χ2v) is 5.90. The predicted octanol–water partition coefficient (Wildman–Crippen LogP) is 0.343. The van der Waals surface area contributed by atoms with Crippen LogP contribution < -0.4 is 9.62 Å². The Hall–Kier alpha value is -1.58. The fourth-order valence-corrected chi connectivity index (χ4v) is 3.06. The number of piperidine rings is 1. The van der Waals surface area contributed by atoms with Gasteiger partial charge in [-0.1, -0.05) is 0 Å². The molecular weight excluding hydrogens is 292 g/mol. The van der Waals surface area contributed by atoms with Crippen LogP contribution in [0.5, 0.6) is 0 Å². The van der Waals surface area contributed by atoms with Crippen molar-refractivity contribution in [3.8, 4) is 0 Å². The molecule has 2 N–H and O–H groups in total. The van der Waals surface area contributed by atoms with E-state index >= 15 is 0 Å². The Morgan fingerprint density at radius 2 is 2.19 bits per heavy atom. The fourth-order valence-electron chi connectivity index (χ4n) is 2.77. The molecule has 0 amide bonds. The highest BCUT2D eigenvalue weighted by atomic mass is 32.2. The molecule has 0 aliphatic carbocycles. The summed E-state index contributed by atoms with van der Waals surface area (Å²) in [6.45, 7) is 2.34. The SMILES string of the molecule is O=S([O-])NCCC1CCN(c2ncnc3nc[nH]c23)CC1. The van der Waals surface area contributed by atoms with Crippen LogP contribution in [0.15, 0.2) is 12.7 Å². The van der Waals surface area contributed by atoms with E-state index in [9.17, 15) is 8.76 Å². The largest absolute Gasteiger partial charge is 0.760 e. The number of hydrogen-bond donors (Lipinski definition) is 2. The summed E-state index contributed by atoms with van der Waals surface area (Å²) in [5.74, 6) is 1.45. The van der Waals surface area contributed by atoms with Gasteiger partial charge in [-0.2, -0.15) is 0 Å². The van der Waals surface area contributed by atoms with Crippen molar-refractivity contribution in [3.05, 3.63) is 12.7 Å². The normalized spacial score (nSPS) is 18.2. The van der Waals surface area contributed by atoms with E-state index in [1.807, 2.05) is 0 Å². The van der Waals surface area contributed by atoms with Crippen LogP contribution in [0.4, 0.5) is 5.82 Å². The summed E-state index contributed by atoms with van der Waals surface area (Å²) in [6, 6.07) is 0. The van der Waals surface area contributed by atoms with Gasteiger partial charge in [0.05, 0.1) is 6.33 Å². The van der Waals surface area contributed by atoms with Crippen LogP contribution >= 0.6 is 0 Å². The number of H-pyrrole nitrogens is 1. The Balaban J connectivity index is 1.58. The highest BCUT2D eigenvalue weighted by Crippen LogP contribution is 2.26. The molecule has 114 valence electrons. The maximum atomic E-state index is 10.4. The molecule has 0 aromatic carbocycles. The maximum Gasteiger partial charge on any atom is 0.182 e. The van der Waals surface area contributed by atoms with Crippen molar-refractivity contribution in [2.45, 2.75) is 19.3 Å². The van der Waals surface area contributed by atoms with Gasteiger partial charge in [-0.25, -0.2) is 19.7 Å². The molecule has 0 bridgehead atoms. The summed E-state index contributed by atoms with van der Waals surface area (Å²) in [4.78, 5) is 18.0. The number of nitrogens with zero attached hydrogens (tertiary/aromatic N) is 4. The Morgan fingerprint density at radius 3 is 2.95 bits per heavy atom. The van der Waals surface area contributed by atoms with E-state index in [0.717, 1.165) is 43.7 Å². The lowest BCUT2D eigenvalue weighted by Gasteiger charge is -2.32. The number of aromatic amines is 1. The van der Waals surface area contributed by atoms with Crippen LogP contribution in [0.25, 0.3) is 11.2 Å². The van der Waals surface area contributed by atoms with E-state index in [-0.39, 0.29) is 0 Å². The zero-order valence-electron chi connectivity index (χ0n) is 11.5. The van der Waals surface area contributed by atoms with Crippen LogP contribution in [-0.4, -0.2) is 48.3 Å². The molecule has 2 aromatic heterocycles. The van der Waals surface area contributed by atoms with E-state index < -0.39 is 11.3 Å². The molecule has 8 nitrogen and oxygen atoms in total. The zero-order valence-corrected chi connectivity index (χ0v) is 12.3. The second-order valence-electron chi connectivity index (χ2n) is 5.15. The molecule has 1 fully saturated rings. The average Bonchev–Trinajstić information content (AvgIpc) is 2.96. The van der Waals surface area contributed by atoms with E-state index in [4.69, 9.17) is 0 Å². The molecule has 1 unspecified atom stereocenters. The van der Waals surface area contributed by atoms with Crippen LogP contribution in [0.3, 0.4) is 0 Å². The van der Waals surface area contributed by atoms with Crippen molar-refractivity contribution in [2.24, 2.45) is 5.92 Å². The molecule has 9 heteroatoms. The van der Waals surface area contributed by atoms with Gasteiger partial charge in [0.15, 0.2) is 11.5 Å². The van der Waals surface area contributed by atoms with E-state index in [1.165, 1.54) is 6.33 Å². The van der Waals surface area contributed by atoms with Crippen molar-refractivity contribution in [2.75, 3.05) is 24.5 Å². The topological polar surface area (TPSA) is 110 Å². The number of aromatic nitrogens is 4. The first kappa shape index (κ1) is 14.4. The van der Waals surface area contributed by atoms with Crippen LogP contribution in [0.2, 0.25) is 0 Å². The van der Waals surface area contributed by atoms with Gasteiger partial charge in [-0.3, -0.25) is 4.21 Å². The smallest absolute Gasteiger partial charge is 0.182 e. The fraction of sp³-hybridized carbons (Fsp3) is 0.583. The van der Waals surface area contributed by atoms with Gasteiger partial charge in [0.1, 0.15) is 11.8 Å². The van der Waals surface area contributed by atoms with Crippen molar-refractivity contribution >= 4 is 28.2 Å². The molecular formula is C12H17N6O2S-. The second kappa shape index (κ2) is 6.46.